The Labute approximate surface area is 80.7 Å². The summed E-state index contributed by atoms with van der Waals surface area (Å²) in [6.07, 6.45) is -0.450. The Morgan fingerprint density at radius 2 is 2.14 bits per heavy atom. The van der Waals surface area contributed by atoms with Crippen molar-refractivity contribution in [1.29, 1.82) is 0 Å². The first-order chi connectivity index (χ1) is 6.68. The zero-order valence-electron chi connectivity index (χ0n) is 7.40. The van der Waals surface area contributed by atoms with E-state index in [9.17, 15) is 9.59 Å². The summed E-state index contributed by atoms with van der Waals surface area (Å²) in [6, 6.07) is 7.04. The lowest BCUT2D eigenvalue weighted by atomic mass is 9.98. The van der Waals surface area contributed by atoms with E-state index in [2.05, 4.69) is 0 Å². The molecule has 72 valence electrons. The average Bonchev–Trinajstić information content (AvgIpc) is 2.17. The van der Waals surface area contributed by atoms with Gasteiger partial charge in [-0.05, 0) is 11.6 Å². The molecule has 4 nitrogen and oxygen atoms in total. The lowest BCUT2D eigenvalue weighted by Crippen LogP contribution is -2.38. The average molecular weight is 191 g/mol. The zero-order valence-corrected chi connectivity index (χ0v) is 7.40. The third-order valence-electron chi connectivity index (χ3n) is 2.21. The fraction of sp³-hybridized carbons (Fsp3) is 0.200. The van der Waals surface area contributed by atoms with Crippen LogP contribution in [0.4, 0.5) is 0 Å². The number of hydrogen-bond donors (Lipinski definition) is 1. The molecule has 0 bridgehead atoms. The van der Waals surface area contributed by atoms with E-state index in [-0.39, 0.29) is 0 Å². The number of fused-ring (bicyclic) bond motifs is 1. The standard InChI is InChI=1S/C10H9NO3/c11-9(12)8-5-6-3-1-2-4-7(6)10(13)14-8/h1-4,8H,5H2,(H2,11,12). The number of amides is 1. The molecule has 0 spiro atoms. The Hall–Kier alpha value is -1.84. The number of nitrogens with two attached hydrogens (primary N) is 1. The van der Waals surface area contributed by atoms with Crippen LogP contribution in [0.1, 0.15) is 15.9 Å². The first-order valence-corrected chi connectivity index (χ1v) is 4.26. The SMILES string of the molecule is NC(=O)C1Cc2ccccc2C(=O)O1. The maximum absolute atomic E-state index is 11.4. The number of cyclic esters (lactones) is 1. The van der Waals surface area contributed by atoms with Gasteiger partial charge in [0.2, 0.25) is 0 Å². The second kappa shape index (κ2) is 3.14. The second-order valence-corrected chi connectivity index (χ2v) is 3.16. The third kappa shape index (κ3) is 1.35. The lowest BCUT2D eigenvalue weighted by molar-refractivity contribution is -0.126. The van der Waals surface area contributed by atoms with Gasteiger partial charge in [-0.25, -0.2) is 4.79 Å². The van der Waals surface area contributed by atoms with E-state index in [0.29, 0.717) is 12.0 Å². The fourth-order valence-corrected chi connectivity index (χ4v) is 1.49. The topological polar surface area (TPSA) is 69.4 Å². The number of carbonyl (C=O) groups excluding carboxylic acids is 2. The van der Waals surface area contributed by atoms with E-state index in [1.165, 1.54) is 0 Å². The first kappa shape index (κ1) is 8.74. The Bertz CT molecular complexity index is 400. The summed E-state index contributed by atoms with van der Waals surface area (Å²) in [5, 5.41) is 0. The highest BCUT2D eigenvalue weighted by atomic mass is 16.5. The molecule has 1 aliphatic rings. The number of carbonyl (C=O) groups is 2. The van der Waals surface area contributed by atoms with E-state index in [1.54, 1.807) is 18.2 Å². The van der Waals surface area contributed by atoms with Crippen LogP contribution in [0.5, 0.6) is 0 Å². The van der Waals surface area contributed by atoms with Crippen molar-refractivity contribution in [3.8, 4) is 0 Å². The molecule has 1 aliphatic heterocycles. The quantitative estimate of drug-likeness (QED) is 0.647. The molecule has 1 atom stereocenters. The van der Waals surface area contributed by atoms with Gasteiger partial charge in [-0.1, -0.05) is 18.2 Å². The maximum atomic E-state index is 11.4. The predicted octanol–water partition coefficient (Wildman–Crippen LogP) is 0.253. The highest BCUT2D eigenvalue weighted by Crippen LogP contribution is 2.19. The van der Waals surface area contributed by atoms with Crippen molar-refractivity contribution in [1.82, 2.24) is 0 Å². The summed E-state index contributed by atoms with van der Waals surface area (Å²) in [6.45, 7) is 0. The Balaban J connectivity index is 2.38. The summed E-state index contributed by atoms with van der Waals surface area (Å²) in [5.74, 6) is -1.08. The third-order valence-corrected chi connectivity index (χ3v) is 2.21. The van der Waals surface area contributed by atoms with Gasteiger partial charge in [-0.15, -0.1) is 0 Å². The normalized spacial score (nSPS) is 19.7. The van der Waals surface area contributed by atoms with Crippen molar-refractivity contribution in [3.63, 3.8) is 0 Å². The Kier molecular flexibility index (Phi) is 1.96. The van der Waals surface area contributed by atoms with E-state index < -0.39 is 18.0 Å². The van der Waals surface area contributed by atoms with Gasteiger partial charge in [-0.2, -0.15) is 0 Å². The van der Waals surface area contributed by atoms with Crippen molar-refractivity contribution >= 4 is 11.9 Å². The Morgan fingerprint density at radius 3 is 2.86 bits per heavy atom. The smallest absolute Gasteiger partial charge is 0.339 e. The maximum Gasteiger partial charge on any atom is 0.339 e. The van der Waals surface area contributed by atoms with Crippen molar-refractivity contribution in [2.24, 2.45) is 5.73 Å². The van der Waals surface area contributed by atoms with E-state index >= 15 is 0 Å². The summed E-state index contributed by atoms with van der Waals surface area (Å²) in [7, 11) is 0. The summed E-state index contributed by atoms with van der Waals surface area (Å²) in [4.78, 5) is 22.2. The van der Waals surface area contributed by atoms with Crippen LogP contribution < -0.4 is 5.73 Å². The van der Waals surface area contributed by atoms with Gasteiger partial charge in [0.15, 0.2) is 6.10 Å². The van der Waals surface area contributed by atoms with Crippen LogP contribution in [0.15, 0.2) is 24.3 Å². The summed E-state index contributed by atoms with van der Waals surface area (Å²) in [5.41, 5.74) is 6.40. The summed E-state index contributed by atoms with van der Waals surface area (Å²) < 4.78 is 4.86. The van der Waals surface area contributed by atoms with E-state index in [0.717, 1.165) is 5.56 Å². The number of hydrogen-bond acceptors (Lipinski definition) is 3. The molecular formula is C10H9NO3. The molecule has 1 unspecified atom stereocenters. The molecule has 0 saturated carbocycles. The second-order valence-electron chi connectivity index (χ2n) is 3.16. The summed E-state index contributed by atoms with van der Waals surface area (Å²) >= 11 is 0. The monoisotopic (exact) mass is 191 g/mol. The molecule has 0 saturated heterocycles. The van der Waals surface area contributed by atoms with Gasteiger partial charge >= 0.3 is 5.97 Å². The van der Waals surface area contributed by atoms with Gasteiger partial charge in [0, 0.05) is 6.42 Å². The first-order valence-electron chi connectivity index (χ1n) is 4.26. The van der Waals surface area contributed by atoms with E-state index in [1.807, 2.05) is 6.07 Å². The van der Waals surface area contributed by atoms with Crippen molar-refractivity contribution in [3.05, 3.63) is 35.4 Å². The molecule has 14 heavy (non-hydrogen) atoms. The fourth-order valence-electron chi connectivity index (χ4n) is 1.49. The number of primary amides is 1. The minimum absolute atomic E-state index is 0.372. The van der Waals surface area contributed by atoms with Crippen molar-refractivity contribution in [2.45, 2.75) is 12.5 Å². The van der Waals surface area contributed by atoms with Gasteiger partial charge in [-0.3, -0.25) is 4.79 Å². The molecule has 2 rings (SSSR count). The molecular weight excluding hydrogens is 182 g/mol. The number of ether oxygens (including phenoxy) is 1. The van der Waals surface area contributed by atoms with Crippen molar-refractivity contribution in [2.75, 3.05) is 0 Å². The molecule has 1 amide bonds. The van der Waals surface area contributed by atoms with Gasteiger partial charge < -0.3 is 10.5 Å². The highest BCUT2D eigenvalue weighted by molar-refractivity contribution is 5.95. The molecule has 0 fully saturated rings. The zero-order chi connectivity index (χ0) is 10.1. The van der Waals surface area contributed by atoms with Crippen LogP contribution in [0, 0.1) is 0 Å². The molecule has 0 aliphatic carbocycles. The Morgan fingerprint density at radius 1 is 1.43 bits per heavy atom. The predicted molar refractivity (Wildman–Crippen MR) is 48.5 cm³/mol. The van der Waals surface area contributed by atoms with Crippen LogP contribution in [0.3, 0.4) is 0 Å². The van der Waals surface area contributed by atoms with Gasteiger partial charge in [0.25, 0.3) is 5.91 Å². The molecule has 1 aromatic carbocycles. The molecule has 0 aromatic heterocycles. The lowest BCUT2D eigenvalue weighted by Gasteiger charge is -2.21. The van der Waals surface area contributed by atoms with E-state index in [4.69, 9.17) is 10.5 Å². The highest BCUT2D eigenvalue weighted by Gasteiger charge is 2.29. The van der Waals surface area contributed by atoms with Gasteiger partial charge in [0.05, 0.1) is 5.56 Å². The molecule has 0 radical (unpaired) electrons. The van der Waals surface area contributed by atoms with Crippen LogP contribution >= 0.6 is 0 Å². The molecule has 4 heteroatoms. The number of esters is 1. The van der Waals surface area contributed by atoms with Gasteiger partial charge in [0.1, 0.15) is 0 Å². The van der Waals surface area contributed by atoms with Crippen molar-refractivity contribution < 1.29 is 14.3 Å². The van der Waals surface area contributed by atoms with Crippen LogP contribution in [-0.4, -0.2) is 18.0 Å². The molecule has 1 heterocycles. The number of benzene rings is 1. The molecule has 2 N–H and O–H groups in total. The largest absolute Gasteiger partial charge is 0.448 e. The molecule has 1 aromatic rings. The number of rotatable bonds is 1. The van der Waals surface area contributed by atoms with Crippen LogP contribution in [0.2, 0.25) is 0 Å². The van der Waals surface area contributed by atoms with Crippen LogP contribution in [-0.2, 0) is 16.0 Å². The minimum atomic E-state index is -0.822. The minimum Gasteiger partial charge on any atom is -0.448 e. The van der Waals surface area contributed by atoms with Crippen LogP contribution in [0.25, 0.3) is 0 Å².